The van der Waals surface area contributed by atoms with Crippen LogP contribution in [0.3, 0.4) is 0 Å². The molecule has 1 heterocycles. The number of aromatic nitrogens is 2. The smallest absolute Gasteiger partial charge is 0.225 e. The van der Waals surface area contributed by atoms with Crippen molar-refractivity contribution in [3.63, 3.8) is 0 Å². The molecular weight excluding hydrogens is 547 g/mol. The van der Waals surface area contributed by atoms with Crippen LogP contribution >= 0.6 is 0 Å². The zero-order valence-electron chi connectivity index (χ0n) is 24.4. The maximum absolute atomic E-state index is 15.3. The molecule has 0 aliphatic rings. The van der Waals surface area contributed by atoms with Crippen LogP contribution in [-0.4, -0.2) is 38.4 Å². The van der Waals surface area contributed by atoms with Gasteiger partial charge in [0.05, 0.1) is 46.7 Å². The van der Waals surface area contributed by atoms with E-state index in [9.17, 15) is 0 Å². The lowest BCUT2D eigenvalue weighted by atomic mass is 9.98. The average Bonchev–Trinajstić information content (AvgIpc) is 3.07. The standard InChI is InChI=1S/C34H33FN4O4/c1-40-26-13-5-22(6-14-26)31(23-7-15-27(41-2)16-8-23)37-33-30(35)21-36-34(39-33)38-32(24-9-17-28(42-3)18-10-24)25-11-19-29(43-4)20-12-25/h5-21,31-32H,1-4H3,(H2,36,37,38,39). The number of hydrogen-bond acceptors (Lipinski definition) is 8. The first kappa shape index (κ1) is 29.2. The van der Waals surface area contributed by atoms with Gasteiger partial charge < -0.3 is 29.6 Å². The Balaban J connectivity index is 1.49. The summed E-state index contributed by atoms with van der Waals surface area (Å²) in [6.07, 6.45) is 1.16. The molecule has 0 amide bonds. The molecule has 0 aliphatic carbocycles. The molecule has 0 saturated heterocycles. The summed E-state index contributed by atoms with van der Waals surface area (Å²) in [5, 5.41) is 6.69. The highest BCUT2D eigenvalue weighted by Gasteiger charge is 2.21. The van der Waals surface area contributed by atoms with Crippen LogP contribution in [0.5, 0.6) is 23.0 Å². The number of nitrogens with zero attached hydrogens (tertiary/aromatic N) is 2. The molecule has 5 aromatic rings. The number of benzene rings is 4. The Labute approximate surface area is 250 Å². The molecule has 0 spiro atoms. The zero-order valence-corrected chi connectivity index (χ0v) is 24.4. The SMILES string of the molecule is COc1ccc(C(Nc2ncc(F)c(NC(c3ccc(OC)cc3)c3ccc(OC)cc3)n2)c2ccc(OC)cc2)cc1. The lowest BCUT2D eigenvalue weighted by Gasteiger charge is -2.23. The fourth-order valence-electron chi connectivity index (χ4n) is 4.71. The average molecular weight is 581 g/mol. The summed E-state index contributed by atoms with van der Waals surface area (Å²) in [6, 6.07) is 29.9. The lowest BCUT2D eigenvalue weighted by Crippen LogP contribution is -2.18. The van der Waals surface area contributed by atoms with Crippen molar-refractivity contribution in [3.05, 3.63) is 131 Å². The molecule has 8 nitrogen and oxygen atoms in total. The van der Waals surface area contributed by atoms with Crippen LogP contribution in [0.1, 0.15) is 34.3 Å². The van der Waals surface area contributed by atoms with E-state index >= 15 is 4.39 Å². The molecule has 0 radical (unpaired) electrons. The number of ether oxygens (including phenoxy) is 4. The molecule has 0 aliphatic heterocycles. The van der Waals surface area contributed by atoms with Crippen LogP contribution in [-0.2, 0) is 0 Å². The van der Waals surface area contributed by atoms with E-state index in [0.717, 1.165) is 51.4 Å². The quantitative estimate of drug-likeness (QED) is 0.162. The summed E-state index contributed by atoms with van der Waals surface area (Å²) in [5.41, 5.74) is 3.69. The third-order valence-corrected chi connectivity index (χ3v) is 7.10. The first-order valence-corrected chi connectivity index (χ1v) is 13.6. The molecule has 4 aromatic carbocycles. The molecule has 9 heteroatoms. The fourth-order valence-corrected chi connectivity index (χ4v) is 4.71. The highest BCUT2D eigenvalue weighted by Crippen LogP contribution is 2.32. The number of halogens is 1. The number of nitrogens with one attached hydrogen (secondary N) is 2. The van der Waals surface area contributed by atoms with Crippen LogP contribution in [0, 0.1) is 5.82 Å². The molecule has 2 N–H and O–H groups in total. The van der Waals surface area contributed by atoms with E-state index in [1.807, 2.05) is 97.1 Å². The van der Waals surface area contributed by atoms with E-state index in [1.165, 1.54) is 0 Å². The highest BCUT2D eigenvalue weighted by atomic mass is 19.1. The lowest BCUT2D eigenvalue weighted by molar-refractivity contribution is 0.414. The summed E-state index contributed by atoms with van der Waals surface area (Å²) in [4.78, 5) is 8.86. The monoisotopic (exact) mass is 580 g/mol. The van der Waals surface area contributed by atoms with Crippen molar-refractivity contribution < 1.29 is 23.3 Å². The van der Waals surface area contributed by atoms with Crippen molar-refractivity contribution in [1.29, 1.82) is 0 Å². The van der Waals surface area contributed by atoms with Crippen molar-refractivity contribution in [2.24, 2.45) is 0 Å². The van der Waals surface area contributed by atoms with Crippen LogP contribution in [0.15, 0.2) is 103 Å². The Morgan fingerprint density at radius 2 is 0.837 bits per heavy atom. The summed E-state index contributed by atoms with van der Waals surface area (Å²) in [6.45, 7) is 0. The maximum atomic E-state index is 15.3. The van der Waals surface area contributed by atoms with Gasteiger partial charge in [0.15, 0.2) is 11.6 Å². The molecule has 0 unspecified atom stereocenters. The maximum Gasteiger partial charge on any atom is 0.225 e. The second kappa shape index (κ2) is 13.6. The minimum Gasteiger partial charge on any atom is -0.497 e. The number of hydrogen-bond donors (Lipinski definition) is 2. The Bertz CT molecular complexity index is 1520. The Kier molecular flexibility index (Phi) is 9.21. The summed E-state index contributed by atoms with van der Waals surface area (Å²) < 4.78 is 36.6. The third-order valence-electron chi connectivity index (χ3n) is 7.10. The molecule has 5 rings (SSSR count). The fraction of sp³-hybridized carbons (Fsp3) is 0.176. The van der Waals surface area contributed by atoms with Gasteiger partial charge in [0.1, 0.15) is 23.0 Å². The van der Waals surface area contributed by atoms with Gasteiger partial charge in [-0.15, -0.1) is 0 Å². The van der Waals surface area contributed by atoms with E-state index in [2.05, 4.69) is 20.6 Å². The third kappa shape index (κ3) is 6.95. The van der Waals surface area contributed by atoms with E-state index < -0.39 is 11.9 Å². The summed E-state index contributed by atoms with van der Waals surface area (Å²) >= 11 is 0. The second-order valence-corrected chi connectivity index (χ2v) is 9.64. The Morgan fingerprint density at radius 1 is 0.512 bits per heavy atom. The molecule has 0 fully saturated rings. The summed E-state index contributed by atoms with van der Waals surface area (Å²) in [7, 11) is 6.48. The number of methoxy groups -OCH3 is 4. The van der Waals surface area contributed by atoms with Gasteiger partial charge in [0.2, 0.25) is 5.95 Å². The molecule has 1 aromatic heterocycles. The van der Waals surface area contributed by atoms with Crippen molar-refractivity contribution >= 4 is 11.8 Å². The van der Waals surface area contributed by atoms with Crippen LogP contribution in [0.2, 0.25) is 0 Å². The van der Waals surface area contributed by atoms with Crippen LogP contribution < -0.4 is 29.6 Å². The van der Waals surface area contributed by atoms with Gasteiger partial charge in [0.25, 0.3) is 0 Å². The van der Waals surface area contributed by atoms with E-state index in [0.29, 0.717) is 0 Å². The van der Waals surface area contributed by atoms with Crippen LogP contribution in [0.4, 0.5) is 16.2 Å². The first-order valence-electron chi connectivity index (χ1n) is 13.6. The zero-order chi connectivity index (χ0) is 30.2. The van der Waals surface area contributed by atoms with Gasteiger partial charge in [-0.05, 0) is 70.8 Å². The predicted molar refractivity (Wildman–Crippen MR) is 165 cm³/mol. The molecule has 0 atom stereocenters. The Morgan fingerprint density at radius 3 is 1.16 bits per heavy atom. The number of rotatable bonds is 12. The molecule has 43 heavy (non-hydrogen) atoms. The first-order chi connectivity index (χ1) is 21.0. The van der Waals surface area contributed by atoms with Crippen LogP contribution in [0.25, 0.3) is 0 Å². The molecule has 0 saturated carbocycles. The van der Waals surface area contributed by atoms with Crippen molar-refractivity contribution in [1.82, 2.24) is 9.97 Å². The molecule has 220 valence electrons. The molecule has 0 bridgehead atoms. The van der Waals surface area contributed by atoms with Gasteiger partial charge in [-0.3, -0.25) is 0 Å². The van der Waals surface area contributed by atoms with E-state index in [1.54, 1.807) is 28.4 Å². The minimum atomic E-state index is -0.581. The summed E-state index contributed by atoms with van der Waals surface area (Å²) in [5.74, 6) is 2.65. The topological polar surface area (TPSA) is 86.8 Å². The normalized spacial score (nSPS) is 10.9. The second-order valence-electron chi connectivity index (χ2n) is 9.64. The van der Waals surface area contributed by atoms with Gasteiger partial charge in [-0.25, -0.2) is 9.37 Å². The Hall–Kier alpha value is -5.31. The van der Waals surface area contributed by atoms with Gasteiger partial charge >= 0.3 is 0 Å². The van der Waals surface area contributed by atoms with Gasteiger partial charge in [-0.2, -0.15) is 4.98 Å². The van der Waals surface area contributed by atoms with Gasteiger partial charge in [-0.1, -0.05) is 48.5 Å². The largest absolute Gasteiger partial charge is 0.497 e. The molecular formula is C34H33FN4O4. The van der Waals surface area contributed by atoms with Crippen molar-refractivity contribution in [2.45, 2.75) is 12.1 Å². The van der Waals surface area contributed by atoms with E-state index in [4.69, 9.17) is 18.9 Å². The highest BCUT2D eigenvalue weighted by molar-refractivity contribution is 5.51. The van der Waals surface area contributed by atoms with E-state index in [-0.39, 0.29) is 17.8 Å². The van der Waals surface area contributed by atoms with Crippen molar-refractivity contribution in [2.75, 3.05) is 39.1 Å². The number of anilines is 2. The van der Waals surface area contributed by atoms with Gasteiger partial charge in [0, 0.05) is 0 Å². The van der Waals surface area contributed by atoms with Crippen molar-refractivity contribution in [3.8, 4) is 23.0 Å². The predicted octanol–water partition coefficient (Wildman–Crippen LogP) is 7.05. The minimum absolute atomic E-state index is 0.0531.